The van der Waals surface area contributed by atoms with Crippen LogP contribution in [0, 0.1) is 5.41 Å². The Kier molecular flexibility index (Phi) is 4.39. The first-order valence-corrected chi connectivity index (χ1v) is 5.62. The van der Waals surface area contributed by atoms with E-state index in [0.717, 1.165) is 38.6 Å². The molecule has 1 rings (SSSR count). The van der Waals surface area contributed by atoms with E-state index in [2.05, 4.69) is 0 Å². The summed E-state index contributed by atoms with van der Waals surface area (Å²) in [5, 5.41) is 0. The molecule has 0 radical (unpaired) electrons. The van der Waals surface area contributed by atoms with Gasteiger partial charge in [-0.05, 0) is 39.2 Å². The van der Waals surface area contributed by atoms with Crippen molar-refractivity contribution in [1.29, 1.82) is 0 Å². The molecule has 0 bridgehead atoms. The van der Waals surface area contributed by atoms with Crippen LogP contribution in [0.4, 0.5) is 0 Å². The Labute approximate surface area is 86.0 Å². The minimum Gasteiger partial charge on any atom is -0.466 e. The summed E-state index contributed by atoms with van der Waals surface area (Å²) in [6, 6.07) is 0. The van der Waals surface area contributed by atoms with E-state index in [9.17, 15) is 4.79 Å². The standard InChI is InChI=1S/C11H21NO2/c1-2-14-10(13)11(7-5-8-11)6-3-4-9-12/h2-9,12H2,1H3. The van der Waals surface area contributed by atoms with E-state index >= 15 is 0 Å². The third-order valence-electron chi connectivity index (χ3n) is 3.13. The van der Waals surface area contributed by atoms with Gasteiger partial charge in [-0.1, -0.05) is 12.8 Å². The molecule has 0 saturated heterocycles. The molecule has 1 fully saturated rings. The lowest BCUT2D eigenvalue weighted by Gasteiger charge is -2.39. The van der Waals surface area contributed by atoms with Crippen molar-refractivity contribution >= 4 is 5.97 Å². The van der Waals surface area contributed by atoms with Gasteiger partial charge in [-0.2, -0.15) is 0 Å². The minimum absolute atomic E-state index is 0.0169. The number of carbonyl (C=O) groups is 1. The molecule has 82 valence electrons. The van der Waals surface area contributed by atoms with E-state index in [1.54, 1.807) is 0 Å². The second kappa shape index (κ2) is 5.35. The molecule has 1 saturated carbocycles. The van der Waals surface area contributed by atoms with Crippen LogP contribution in [0.15, 0.2) is 0 Å². The van der Waals surface area contributed by atoms with Gasteiger partial charge in [0, 0.05) is 0 Å². The lowest BCUT2D eigenvalue weighted by atomic mass is 9.66. The molecular weight excluding hydrogens is 178 g/mol. The summed E-state index contributed by atoms with van der Waals surface area (Å²) < 4.78 is 5.11. The van der Waals surface area contributed by atoms with Gasteiger partial charge in [-0.3, -0.25) is 4.79 Å². The van der Waals surface area contributed by atoms with E-state index in [-0.39, 0.29) is 11.4 Å². The monoisotopic (exact) mass is 199 g/mol. The fraction of sp³-hybridized carbons (Fsp3) is 0.909. The fourth-order valence-corrected chi connectivity index (χ4v) is 2.05. The van der Waals surface area contributed by atoms with Gasteiger partial charge >= 0.3 is 5.97 Å². The van der Waals surface area contributed by atoms with Gasteiger partial charge in [0.25, 0.3) is 0 Å². The molecule has 14 heavy (non-hydrogen) atoms. The number of ether oxygens (including phenoxy) is 1. The van der Waals surface area contributed by atoms with Crippen LogP contribution in [0.5, 0.6) is 0 Å². The lowest BCUT2D eigenvalue weighted by Crippen LogP contribution is -2.39. The quantitative estimate of drug-likeness (QED) is 0.524. The highest BCUT2D eigenvalue weighted by molar-refractivity contribution is 5.77. The van der Waals surface area contributed by atoms with Crippen LogP contribution in [0.1, 0.15) is 45.4 Å². The van der Waals surface area contributed by atoms with Gasteiger partial charge in [-0.15, -0.1) is 0 Å². The summed E-state index contributed by atoms with van der Waals surface area (Å²) in [5.74, 6) is 0.0169. The molecule has 1 aliphatic carbocycles. The Morgan fingerprint density at radius 3 is 2.57 bits per heavy atom. The third-order valence-corrected chi connectivity index (χ3v) is 3.13. The van der Waals surface area contributed by atoms with Gasteiger partial charge in [-0.25, -0.2) is 0 Å². The molecule has 0 aliphatic heterocycles. The third kappa shape index (κ3) is 2.47. The average molecular weight is 199 g/mol. The summed E-state index contributed by atoms with van der Waals surface area (Å²) in [6.45, 7) is 3.08. The maximum atomic E-state index is 11.7. The summed E-state index contributed by atoms with van der Waals surface area (Å²) in [7, 11) is 0. The van der Waals surface area contributed by atoms with Gasteiger partial charge in [0.05, 0.1) is 12.0 Å². The highest BCUT2D eigenvalue weighted by atomic mass is 16.5. The topological polar surface area (TPSA) is 52.3 Å². The molecule has 0 spiro atoms. The Morgan fingerprint density at radius 2 is 2.14 bits per heavy atom. The molecule has 0 atom stereocenters. The van der Waals surface area contributed by atoms with Crippen LogP contribution in [0.25, 0.3) is 0 Å². The number of rotatable bonds is 6. The summed E-state index contributed by atoms with van der Waals surface area (Å²) >= 11 is 0. The minimum atomic E-state index is -0.134. The van der Waals surface area contributed by atoms with Crippen LogP contribution in [0.3, 0.4) is 0 Å². The van der Waals surface area contributed by atoms with E-state index in [4.69, 9.17) is 10.5 Å². The van der Waals surface area contributed by atoms with Crippen LogP contribution in [-0.2, 0) is 9.53 Å². The fourth-order valence-electron chi connectivity index (χ4n) is 2.05. The van der Waals surface area contributed by atoms with Gasteiger partial charge in [0.15, 0.2) is 0 Å². The first kappa shape index (κ1) is 11.5. The molecule has 2 N–H and O–H groups in total. The van der Waals surface area contributed by atoms with Crippen molar-refractivity contribution in [3.05, 3.63) is 0 Å². The maximum Gasteiger partial charge on any atom is 0.312 e. The van der Waals surface area contributed by atoms with E-state index in [1.807, 2.05) is 6.92 Å². The first-order valence-electron chi connectivity index (χ1n) is 5.62. The van der Waals surface area contributed by atoms with Gasteiger partial charge in [0.1, 0.15) is 0 Å². The Bertz CT molecular complexity index is 188. The zero-order chi connectivity index (χ0) is 10.4. The summed E-state index contributed by atoms with van der Waals surface area (Å²) in [4.78, 5) is 11.7. The number of esters is 1. The highest BCUT2D eigenvalue weighted by Crippen LogP contribution is 2.46. The zero-order valence-electron chi connectivity index (χ0n) is 9.05. The van der Waals surface area contributed by atoms with E-state index in [0.29, 0.717) is 6.61 Å². The van der Waals surface area contributed by atoms with Crippen LogP contribution >= 0.6 is 0 Å². The SMILES string of the molecule is CCOC(=O)C1(CCCCN)CCC1. The highest BCUT2D eigenvalue weighted by Gasteiger charge is 2.44. The zero-order valence-corrected chi connectivity index (χ0v) is 9.05. The Hall–Kier alpha value is -0.570. The molecule has 0 aromatic heterocycles. The van der Waals surface area contributed by atoms with Crippen LogP contribution in [-0.4, -0.2) is 19.1 Å². The Morgan fingerprint density at radius 1 is 1.43 bits per heavy atom. The average Bonchev–Trinajstić information content (AvgIpc) is 2.10. The number of hydrogen-bond acceptors (Lipinski definition) is 3. The molecule has 0 aromatic rings. The predicted molar refractivity (Wildman–Crippen MR) is 55.8 cm³/mol. The molecule has 1 aliphatic rings. The predicted octanol–water partition coefficient (Wildman–Crippen LogP) is 1.85. The van der Waals surface area contributed by atoms with Crippen molar-refractivity contribution in [2.75, 3.05) is 13.2 Å². The summed E-state index contributed by atoms with van der Waals surface area (Å²) in [6.07, 6.45) is 6.22. The summed E-state index contributed by atoms with van der Waals surface area (Å²) in [5.41, 5.74) is 5.30. The van der Waals surface area contributed by atoms with Gasteiger partial charge in [0.2, 0.25) is 0 Å². The molecule has 3 heteroatoms. The molecule has 0 heterocycles. The largest absolute Gasteiger partial charge is 0.466 e. The van der Waals surface area contributed by atoms with Crippen molar-refractivity contribution < 1.29 is 9.53 Å². The molecule has 3 nitrogen and oxygen atoms in total. The lowest BCUT2D eigenvalue weighted by molar-refractivity contribution is -0.161. The molecule has 0 unspecified atom stereocenters. The number of unbranched alkanes of at least 4 members (excludes halogenated alkanes) is 1. The molecular formula is C11H21NO2. The smallest absolute Gasteiger partial charge is 0.312 e. The van der Waals surface area contributed by atoms with Gasteiger partial charge < -0.3 is 10.5 Å². The number of carbonyl (C=O) groups excluding carboxylic acids is 1. The van der Waals surface area contributed by atoms with Crippen molar-refractivity contribution in [2.45, 2.75) is 45.4 Å². The van der Waals surface area contributed by atoms with E-state index < -0.39 is 0 Å². The maximum absolute atomic E-state index is 11.7. The normalized spacial score (nSPS) is 18.7. The van der Waals surface area contributed by atoms with Crippen molar-refractivity contribution in [3.63, 3.8) is 0 Å². The number of hydrogen-bond donors (Lipinski definition) is 1. The van der Waals surface area contributed by atoms with Crippen molar-refractivity contribution in [3.8, 4) is 0 Å². The van der Waals surface area contributed by atoms with Crippen molar-refractivity contribution in [2.24, 2.45) is 11.1 Å². The Balaban J connectivity index is 2.36. The van der Waals surface area contributed by atoms with Crippen LogP contribution < -0.4 is 5.73 Å². The molecule has 0 amide bonds. The van der Waals surface area contributed by atoms with E-state index in [1.165, 1.54) is 6.42 Å². The van der Waals surface area contributed by atoms with Crippen molar-refractivity contribution in [1.82, 2.24) is 0 Å². The second-order valence-corrected chi connectivity index (χ2v) is 4.10. The first-order chi connectivity index (χ1) is 6.75. The van der Waals surface area contributed by atoms with Crippen LogP contribution in [0.2, 0.25) is 0 Å². The number of nitrogens with two attached hydrogens (primary N) is 1. The molecule has 0 aromatic carbocycles. The second-order valence-electron chi connectivity index (χ2n) is 4.10.